The van der Waals surface area contributed by atoms with E-state index in [0.29, 0.717) is 12.6 Å². The molecular weight excluding hydrogens is 313 g/mol. The Kier molecular flexibility index (Phi) is 4.57. The number of hydrogen-bond donors (Lipinski definition) is 1. The van der Waals surface area contributed by atoms with Crippen LogP contribution in [0.5, 0.6) is 0 Å². The predicted molar refractivity (Wildman–Crippen MR) is 75.4 cm³/mol. The first-order valence-electron chi connectivity index (χ1n) is 6.29. The fourth-order valence-electron chi connectivity index (χ4n) is 1.81. The fraction of sp³-hybridized carbons (Fsp3) is 0.231. The van der Waals surface area contributed by atoms with Crippen LogP contribution in [0.1, 0.15) is 10.4 Å². The smallest absolute Gasteiger partial charge is 0.338 e. The van der Waals surface area contributed by atoms with E-state index in [0.717, 1.165) is 16.4 Å². The first kappa shape index (κ1) is 16.1. The number of carboxylic acids is 1. The Morgan fingerprint density at radius 2 is 2.18 bits per heavy atom. The molecular formula is C13H14FN3O4S. The second kappa shape index (κ2) is 6.24. The molecule has 0 amide bonds. The third kappa shape index (κ3) is 3.31. The van der Waals surface area contributed by atoms with Crippen LogP contribution in [0.2, 0.25) is 0 Å². The van der Waals surface area contributed by atoms with Gasteiger partial charge in [0, 0.05) is 26.0 Å². The van der Waals surface area contributed by atoms with E-state index in [1.54, 1.807) is 23.1 Å². The monoisotopic (exact) mass is 327 g/mol. The summed E-state index contributed by atoms with van der Waals surface area (Å²) >= 11 is 0. The van der Waals surface area contributed by atoms with E-state index in [4.69, 9.17) is 5.11 Å². The number of benzene rings is 1. The SMILES string of the molecule is CN(CCn1cccn1)S(=O)(=O)c1ccc(C(=O)O)c(F)c1. The van der Waals surface area contributed by atoms with Crippen molar-refractivity contribution in [1.82, 2.24) is 14.1 Å². The molecule has 0 fully saturated rings. The Morgan fingerprint density at radius 1 is 1.45 bits per heavy atom. The maximum atomic E-state index is 13.6. The summed E-state index contributed by atoms with van der Waals surface area (Å²) in [5.41, 5.74) is -0.571. The van der Waals surface area contributed by atoms with Crippen LogP contribution >= 0.6 is 0 Å². The minimum atomic E-state index is -3.90. The molecule has 22 heavy (non-hydrogen) atoms. The molecule has 0 saturated carbocycles. The van der Waals surface area contributed by atoms with E-state index in [2.05, 4.69) is 5.10 Å². The minimum Gasteiger partial charge on any atom is -0.478 e. The lowest BCUT2D eigenvalue weighted by atomic mass is 10.2. The van der Waals surface area contributed by atoms with Crippen LogP contribution < -0.4 is 0 Å². The Hall–Kier alpha value is -2.26. The van der Waals surface area contributed by atoms with Gasteiger partial charge in [0.25, 0.3) is 0 Å². The molecule has 1 aromatic heterocycles. The van der Waals surface area contributed by atoms with Crippen molar-refractivity contribution >= 4 is 16.0 Å². The molecule has 0 bridgehead atoms. The van der Waals surface area contributed by atoms with E-state index in [1.165, 1.54) is 7.05 Å². The van der Waals surface area contributed by atoms with Crippen LogP contribution in [0.3, 0.4) is 0 Å². The summed E-state index contributed by atoms with van der Waals surface area (Å²) in [7, 11) is -2.53. The summed E-state index contributed by atoms with van der Waals surface area (Å²) in [5, 5.41) is 12.7. The summed E-state index contributed by atoms with van der Waals surface area (Å²) < 4.78 is 40.9. The van der Waals surface area contributed by atoms with Crippen LogP contribution in [-0.2, 0) is 16.6 Å². The number of likely N-dealkylation sites (N-methyl/N-ethyl adjacent to an activating group) is 1. The molecule has 0 radical (unpaired) electrons. The molecule has 0 atom stereocenters. The number of halogens is 1. The van der Waals surface area contributed by atoms with Gasteiger partial charge >= 0.3 is 5.97 Å². The summed E-state index contributed by atoms with van der Waals surface area (Å²) in [5.74, 6) is -2.54. The highest BCUT2D eigenvalue weighted by molar-refractivity contribution is 7.89. The van der Waals surface area contributed by atoms with Crippen molar-refractivity contribution in [3.05, 3.63) is 48.0 Å². The third-order valence-corrected chi connectivity index (χ3v) is 4.94. The van der Waals surface area contributed by atoms with Gasteiger partial charge in [-0.3, -0.25) is 4.68 Å². The van der Waals surface area contributed by atoms with E-state index >= 15 is 0 Å². The zero-order valence-corrected chi connectivity index (χ0v) is 12.5. The van der Waals surface area contributed by atoms with Crippen molar-refractivity contribution in [2.75, 3.05) is 13.6 Å². The Morgan fingerprint density at radius 3 is 2.73 bits per heavy atom. The molecule has 2 aromatic rings. The molecule has 1 aromatic carbocycles. The summed E-state index contributed by atoms with van der Waals surface area (Å²) in [6.45, 7) is 0.491. The number of rotatable bonds is 6. The maximum absolute atomic E-state index is 13.6. The van der Waals surface area contributed by atoms with E-state index in [1.807, 2.05) is 0 Å². The summed E-state index contributed by atoms with van der Waals surface area (Å²) in [6, 6.07) is 4.44. The normalized spacial score (nSPS) is 11.8. The maximum Gasteiger partial charge on any atom is 0.338 e. The van der Waals surface area contributed by atoms with Crippen molar-refractivity contribution in [3.63, 3.8) is 0 Å². The first-order chi connectivity index (χ1) is 10.3. The van der Waals surface area contributed by atoms with E-state index < -0.39 is 27.4 Å². The van der Waals surface area contributed by atoms with E-state index in [-0.39, 0.29) is 11.4 Å². The van der Waals surface area contributed by atoms with Crippen molar-refractivity contribution in [2.45, 2.75) is 11.4 Å². The molecule has 0 aliphatic carbocycles. The zero-order chi connectivity index (χ0) is 16.3. The van der Waals surface area contributed by atoms with Crippen molar-refractivity contribution in [1.29, 1.82) is 0 Å². The Labute approximate surface area is 126 Å². The quantitative estimate of drug-likeness (QED) is 0.856. The van der Waals surface area contributed by atoms with Crippen LogP contribution in [-0.4, -0.2) is 47.2 Å². The zero-order valence-electron chi connectivity index (χ0n) is 11.7. The number of carbonyl (C=O) groups is 1. The van der Waals surface area contributed by atoms with Crippen LogP contribution in [0.15, 0.2) is 41.6 Å². The van der Waals surface area contributed by atoms with Gasteiger partial charge in [-0.05, 0) is 24.3 Å². The van der Waals surface area contributed by atoms with Gasteiger partial charge in [0.2, 0.25) is 10.0 Å². The highest BCUT2D eigenvalue weighted by Gasteiger charge is 2.23. The average molecular weight is 327 g/mol. The molecule has 9 heteroatoms. The largest absolute Gasteiger partial charge is 0.478 e. The van der Waals surface area contributed by atoms with Crippen molar-refractivity contribution in [2.24, 2.45) is 0 Å². The molecule has 1 heterocycles. The number of carboxylic acid groups (broad SMARTS) is 1. The molecule has 0 spiro atoms. The molecule has 0 unspecified atom stereocenters. The van der Waals surface area contributed by atoms with Gasteiger partial charge in [0.05, 0.1) is 17.0 Å². The summed E-state index contributed by atoms with van der Waals surface area (Å²) in [6.07, 6.45) is 3.27. The lowest BCUT2D eigenvalue weighted by molar-refractivity contribution is 0.0691. The van der Waals surface area contributed by atoms with Gasteiger partial charge in [-0.1, -0.05) is 0 Å². The van der Waals surface area contributed by atoms with Crippen LogP contribution in [0.4, 0.5) is 4.39 Å². The molecule has 1 N–H and O–H groups in total. The Balaban J connectivity index is 2.18. The second-order valence-corrected chi connectivity index (χ2v) is 6.59. The van der Waals surface area contributed by atoms with Gasteiger partial charge in [0.15, 0.2) is 0 Å². The molecule has 118 valence electrons. The molecule has 0 aliphatic heterocycles. The predicted octanol–water partition coefficient (Wildman–Crippen LogP) is 1.04. The molecule has 0 aliphatic rings. The highest BCUT2D eigenvalue weighted by Crippen LogP contribution is 2.18. The van der Waals surface area contributed by atoms with Crippen LogP contribution in [0.25, 0.3) is 0 Å². The number of aromatic carboxylic acids is 1. The van der Waals surface area contributed by atoms with Gasteiger partial charge in [-0.25, -0.2) is 17.6 Å². The van der Waals surface area contributed by atoms with Gasteiger partial charge in [0.1, 0.15) is 5.82 Å². The number of aromatic nitrogens is 2. The lowest BCUT2D eigenvalue weighted by Crippen LogP contribution is -2.30. The topological polar surface area (TPSA) is 92.5 Å². The van der Waals surface area contributed by atoms with Crippen molar-refractivity contribution in [3.8, 4) is 0 Å². The van der Waals surface area contributed by atoms with E-state index in [9.17, 15) is 17.6 Å². The molecule has 7 nitrogen and oxygen atoms in total. The lowest BCUT2D eigenvalue weighted by Gasteiger charge is -2.17. The van der Waals surface area contributed by atoms with Crippen LogP contribution in [0, 0.1) is 5.82 Å². The molecule has 0 saturated heterocycles. The highest BCUT2D eigenvalue weighted by atomic mass is 32.2. The van der Waals surface area contributed by atoms with Gasteiger partial charge in [-0.2, -0.15) is 9.40 Å². The Bertz CT molecular complexity index is 775. The average Bonchev–Trinajstić information content (AvgIpc) is 2.97. The first-order valence-corrected chi connectivity index (χ1v) is 7.73. The third-order valence-electron chi connectivity index (χ3n) is 3.08. The number of hydrogen-bond acceptors (Lipinski definition) is 4. The summed E-state index contributed by atoms with van der Waals surface area (Å²) in [4.78, 5) is 10.4. The minimum absolute atomic E-state index is 0.145. The van der Waals surface area contributed by atoms with Crippen molar-refractivity contribution < 1.29 is 22.7 Å². The van der Waals surface area contributed by atoms with Gasteiger partial charge in [-0.15, -0.1) is 0 Å². The van der Waals surface area contributed by atoms with Gasteiger partial charge < -0.3 is 5.11 Å². The molecule has 2 rings (SSSR count). The second-order valence-electron chi connectivity index (χ2n) is 4.54. The number of sulfonamides is 1. The number of nitrogens with zero attached hydrogens (tertiary/aromatic N) is 3. The fourth-order valence-corrected chi connectivity index (χ4v) is 2.98. The standard InChI is InChI=1S/C13H14FN3O4S/c1-16(7-8-17-6-2-5-15-17)22(20,21)10-3-4-11(13(18)19)12(14)9-10/h2-6,9H,7-8H2,1H3,(H,18,19).